The smallest absolute Gasteiger partial charge is 0.0939 e. The highest BCUT2D eigenvalue weighted by Crippen LogP contribution is 2.34. The zero-order chi connectivity index (χ0) is 17.7. The maximum absolute atomic E-state index is 4.80. The van der Waals surface area contributed by atoms with Crippen molar-refractivity contribution in [2.24, 2.45) is 4.99 Å². The molecule has 0 N–H and O–H groups in total. The Morgan fingerprint density at radius 3 is 2.24 bits per heavy atom. The molecule has 1 atom stereocenters. The molecule has 4 rings (SSSR count). The molecule has 1 radical (unpaired) electrons. The van der Waals surface area contributed by atoms with Crippen molar-refractivity contribution in [1.29, 1.82) is 0 Å². The fourth-order valence-electron chi connectivity index (χ4n) is 3.43. The van der Waals surface area contributed by atoms with E-state index < -0.39 is 0 Å². The Bertz CT molecular complexity index is 965. The Kier molecular flexibility index (Phi) is 3.68. The van der Waals surface area contributed by atoms with Crippen LogP contribution in [0.4, 0.5) is 0 Å². The summed E-state index contributed by atoms with van der Waals surface area (Å²) in [6.45, 7) is 10.5. The van der Waals surface area contributed by atoms with E-state index in [-0.39, 0.29) is 6.04 Å². The summed E-state index contributed by atoms with van der Waals surface area (Å²) < 4.78 is 0. The van der Waals surface area contributed by atoms with Gasteiger partial charge in [0.2, 0.25) is 0 Å². The summed E-state index contributed by atoms with van der Waals surface area (Å²) in [5.74, 6) is 0. The Hall–Kier alpha value is -2.55. The van der Waals surface area contributed by atoms with Crippen molar-refractivity contribution >= 4 is 11.8 Å². The largest absolute Gasteiger partial charge is 0.278 e. The van der Waals surface area contributed by atoms with Gasteiger partial charge in [0.05, 0.1) is 28.8 Å². The molecular weight excluding hydrogens is 306 g/mol. The summed E-state index contributed by atoms with van der Waals surface area (Å²) in [6, 6.07) is 0.151. The summed E-state index contributed by atoms with van der Waals surface area (Å²) in [5, 5.41) is 0. The van der Waals surface area contributed by atoms with E-state index in [9.17, 15) is 0 Å². The van der Waals surface area contributed by atoms with Crippen LogP contribution in [0, 0.1) is 20.3 Å². The molecule has 0 fully saturated rings. The van der Waals surface area contributed by atoms with Crippen molar-refractivity contribution in [2.45, 2.75) is 40.7 Å². The van der Waals surface area contributed by atoms with Crippen LogP contribution in [0.2, 0.25) is 0 Å². The predicted molar refractivity (Wildman–Crippen MR) is 103 cm³/mol. The van der Waals surface area contributed by atoms with Crippen LogP contribution in [-0.4, -0.2) is 21.7 Å². The lowest BCUT2D eigenvalue weighted by atomic mass is 9.84. The standard InChI is InChI=1S/C22H22N3/c1-12-13(2)19-10-17(6-8-20(19)23-14(12)3)18-7-9-21-22(11-18)25-16(5)15(4)24-21/h6-11,20H,1-5H3/b18-17-. The number of allylic oxidation sites excluding steroid dienone is 6. The highest BCUT2D eigenvalue weighted by molar-refractivity contribution is 6.00. The minimum Gasteiger partial charge on any atom is -0.278 e. The van der Waals surface area contributed by atoms with Gasteiger partial charge in [0, 0.05) is 12.1 Å². The first-order chi connectivity index (χ1) is 11.9. The quantitative estimate of drug-likeness (QED) is 0.695. The van der Waals surface area contributed by atoms with Crippen molar-refractivity contribution in [2.75, 3.05) is 0 Å². The molecular formula is C22H22N3. The average molecular weight is 328 g/mol. The van der Waals surface area contributed by atoms with Gasteiger partial charge in [-0.25, -0.2) is 4.98 Å². The van der Waals surface area contributed by atoms with Crippen LogP contribution in [0.5, 0.6) is 0 Å². The number of dihydropyridines is 1. The van der Waals surface area contributed by atoms with Crippen molar-refractivity contribution in [3.05, 3.63) is 81.4 Å². The molecule has 3 aliphatic rings. The first-order valence-electron chi connectivity index (χ1n) is 8.69. The number of aliphatic imine (C=N–C) groups is 1. The van der Waals surface area contributed by atoms with Crippen LogP contribution in [0.3, 0.4) is 0 Å². The minimum atomic E-state index is 0.151. The van der Waals surface area contributed by atoms with Crippen LogP contribution >= 0.6 is 0 Å². The van der Waals surface area contributed by atoms with Crippen LogP contribution in [0.15, 0.2) is 57.2 Å². The van der Waals surface area contributed by atoms with Gasteiger partial charge in [0.1, 0.15) is 0 Å². The van der Waals surface area contributed by atoms with Crippen molar-refractivity contribution in [3.8, 4) is 0 Å². The Balaban J connectivity index is 1.76. The molecule has 1 unspecified atom stereocenters. The zero-order valence-electron chi connectivity index (χ0n) is 15.4. The number of rotatable bonds is 0. The fraction of sp³-hybridized carbons (Fsp3) is 0.273. The van der Waals surface area contributed by atoms with Gasteiger partial charge in [-0.05, 0) is 74.6 Å². The summed E-state index contributed by atoms with van der Waals surface area (Å²) in [5.41, 5.74) is 11.3. The van der Waals surface area contributed by atoms with Gasteiger partial charge in [0.15, 0.2) is 0 Å². The Labute approximate surface area is 149 Å². The molecule has 0 amide bonds. The van der Waals surface area contributed by atoms with Crippen LogP contribution < -0.4 is 0 Å². The Morgan fingerprint density at radius 2 is 1.48 bits per heavy atom. The summed E-state index contributed by atoms with van der Waals surface area (Å²) in [6.07, 6.45) is 13.0. The molecule has 0 saturated carbocycles. The monoisotopic (exact) mass is 328 g/mol. The molecule has 1 aromatic rings. The van der Waals surface area contributed by atoms with E-state index in [1.54, 1.807) is 0 Å². The van der Waals surface area contributed by atoms with E-state index in [0.29, 0.717) is 0 Å². The maximum atomic E-state index is 4.80. The number of nitrogens with zero attached hydrogens (tertiary/aromatic N) is 3. The topological polar surface area (TPSA) is 38.1 Å². The zero-order valence-corrected chi connectivity index (χ0v) is 15.4. The van der Waals surface area contributed by atoms with E-state index in [1.807, 2.05) is 13.8 Å². The van der Waals surface area contributed by atoms with E-state index in [0.717, 1.165) is 28.5 Å². The first kappa shape index (κ1) is 15.9. The summed E-state index contributed by atoms with van der Waals surface area (Å²) in [4.78, 5) is 14.1. The van der Waals surface area contributed by atoms with Crippen LogP contribution in [0.25, 0.3) is 6.08 Å². The van der Waals surface area contributed by atoms with E-state index in [4.69, 9.17) is 9.98 Å². The SMILES string of the molecule is CC1=NC2C=C/C(=C3/[CH]c4nc(C)c(C)nc4C=C3)C=C2C(C)=C1C. The highest BCUT2D eigenvalue weighted by atomic mass is 14.8. The second-order valence-electron chi connectivity index (χ2n) is 6.92. The average Bonchev–Trinajstić information content (AvgIpc) is 2.60. The van der Waals surface area contributed by atoms with E-state index in [1.165, 1.54) is 27.9 Å². The second-order valence-corrected chi connectivity index (χ2v) is 6.92. The number of fused-ring (bicyclic) bond motifs is 2. The molecule has 125 valence electrons. The minimum absolute atomic E-state index is 0.151. The molecule has 0 saturated heterocycles. The lowest BCUT2D eigenvalue weighted by Crippen LogP contribution is -2.19. The van der Waals surface area contributed by atoms with Gasteiger partial charge >= 0.3 is 0 Å². The fourth-order valence-corrected chi connectivity index (χ4v) is 3.43. The molecule has 0 spiro atoms. The van der Waals surface area contributed by atoms with Crippen molar-refractivity contribution in [3.63, 3.8) is 0 Å². The van der Waals surface area contributed by atoms with E-state index >= 15 is 0 Å². The third kappa shape index (κ3) is 2.64. The van der Waals surface area contributed by atoms with Gasteiger partial charge in [-0.2, -0.15) is 0 Å². The lowest BCUT2D eigenvalue weighted by Gasteiger charge is -2.26. The highest BCUT2D eigenvalue weighted by Gasteiger charge is 2.24. The molecule has 25 heavy (non-hydrogen) atoms. The summed E-state index contributed by atoms with van der Waals surface area (Å²) >= 11 is 0. The Morgan fingerprint density at radius 1 is 0.760 bits per heavy atom. The third-order valence-electron chi connectivity index (χ3n) is 5.37. The molecule has 1 aromatic heterocycles. The predicted octanol–water partition coefficient (Wildman–Crippen LogP) is 4.64. The number of hydrogen-bond donors (Lipinski definition) is 0. The van der Waals surface area contributed by atoms with Gasteiger partial charge in [-0.15, -0.1) is 0 Å². The van der Waals surface area contributed by atoms with Gasteiger partial charge in [-0.1, -0.05) is 18.2 Å². The molecule has 2 aliphatic carbocycles. The third-order valence-corrected chi connectivity index (χ3v) is 5.37. The molecule has 1 aliphatic heterocycles. The van der Waals surface area contributed by atoms with E-state index in [2.05, 4.69) is 62.6 Å². The molecule has 3 heteroatoms. The maximum Gasteiger partial charge on any atom is 0.0939 e. The van der Waals surface area contributed by atoms with Gasteiger partial charge < -0.3 is 0 Å². The first-order valence-corrected chi connectivity index (χ1v) is 8.69. The van der Waals surface area contributed by atoms with Crippen molar-refractivity contribution < 1.29 is 0 Å². The van der Waals surface area contributed by atoms with Crippen molar-refractivity contribution in [1.82, 2.24) is 9.97 Å². The molecule has 3 nitrogen and oxygen atoms in total. The number of aryl methyl sites for hydroxylation is 2. The number of aromatic nitrogens is 2. The van der Waals surface area contributed by atoms with Gasteiger partial charge in [0.25, 0.3) is 0 Å². The van der Waals surface area contributed by atoms with Gasteiger partial charge in [-0.3, -0.25) is 9.98 Å². The lowest BCUT2D eigenvalue weighted by molar-refractivity contribution is 0.918. The molecule has 0 bridgehead atoms. The van der Waals surface area contributed by atoms with Crippen LogP contribution in [0.1, 0.15) is 43.5 Å². The number of hydrogen-bond acceptors (Lipinski definition) is 3. The van der Waals surface area contributed by atoms with Crippen LogP contribution in [-0.2, 0) is 0 Å². The normalized spacial score (nSPS) is 24.8. The second kappa shape index (κ2) is 5.76. The summed E-state index contributed by atoms with van der Waals surface area (Å²) in [7, 11) is 0. The molecule has 2 heterocycles. The molecule has 0 aromatic carbocycles.